The van der Waals surface area contributed by atoms with Gasteiger partial charge in [-0.2, -0.15) is 5.10 Å². The van der Waals surface area contributed by atoms with E-state index in [0.717, 1.165) is 27.9 Å². The lowest BCUT2D eigenvalue weighted by Gasteiger charge is -2.34. The van der Waals surface area contributed by atoms with E-state index in [2.05, 4.69) is 22.2 Å². The Balaban J connectivity index is 1.46. The maximum Gasteiger partial charge on any atom is 0.227 e. The zero-order valence-electron chi connectivity index (χ0n) is 16.9. The molecule has 3 heterocycles. The van der Waals surface area contributed by atoms with Crippen LogP contribution in [0.5, 0.6) is 0 Å². The molecule has 0 N–H and O–H groups in total. The number of amides is 1. The number of benzene rings is 1. The Kier molecular flexibility index (Phi) is 5.56. The van der Waals surface area contributed by atoms with Gasteiger partial charge < -0.3 is 9.64 Å². The number of aryl methyl sites for hydroxylation is 1. The highest BCUT2D eigenvalue weighted by atomic mass is 35.5. The third kappa shape index (κ3) is 4.00. The predicted molar refractivity (Wildman–Crippen MR) is 113 cm³/mol. The number of aromatic nitrogens is 3. The lowest BCUT2D eigenvalue weighted by molar-refractivity contribution is -0.143. The number of carbonyl (C=O) groups excluding carboxylic acids is 1. The first-order valence-electron chi connectivity index (χ1n) is 9.88. The molecule has 1 amide bonds. The van der Waals surface area contributed by atoms with Crippen molar-refractivity contribution < 1.29 is 9.53 Å². The summed E-state index contributed by atoms with van der Waals surface area (Å²) in [5, 5.41) is 7.33. The fraction of sp³-hybridized carbons (Fsp3) is 0.409. The molecule has 0 radical (unpaired) electrons. The van der Waals surface area contributed by atoms with E-state index >= 15 is 0 Å². The van der Waals surface area contributed by atoms with Gasteiger partial charge in [0.25, 0.3) is 0 Å². The Hall–Kier alpha value is -2.44. The number of hydrogen-bond donors (Lipinski definition) is 0. The van der Waals surface area contributed by atoms with Crippen molar-refractivity contribution in [1.29, 1.82) is 0 Å². The van der Waals surface area contributed by atoms with Crippen molar-refractivity contribution >= 4 is 28.3 Å². The number of ether oxygens (including phenoxy) is 1. The summed E-state index contributed by atoms with van der Waals surface area (Å²) in [6.45, 7) is 7.85. The average Bonchev–Trinajstić information content (AvgIpc) is 2.99. The van der Waals surface area contributed by atoms with Crippen molar-refractivity contribution in [2.24, 2.45) is 5.92 Å². The van der Waals surface area contributed by atoms with Crippen molar-refractivity contribution in [2.75, 3.05) is 19.7 Å². The van der Waals surface area contributed by atoms with Crippen molar-refractivity contribution in [3.63, 3.8) is 0 Å². The van der Waals surface area contributed by atoms with Gasteiger partial charge in [-0.1, -0.05) is 42.8 Å². The van der Waals surface area contributed by atoms with Crippen LogP contribution in [-0.4, -0.2) is 45.3 Å². The van der Waals surface area contributed by atoms with Gasteiger partial charge in [0.05, 0.1) is 47.7 Å². The number of morpholine rings is 1. The normalized spacial score (nSPS) is 18.2. The lowest BCUT2D eigenvalue weighted by Crippen LogP contribution is -2.45. The van der Waals surface area contributed by atoms with Crippen LogP contribution < -0.4 is 0 Å². The zero-order valence-corrected chi connectivity index (χ0v) is 17.7. The minimum Gasteiger partial charge on any atom is -0.368 e. The molecule has 0 bridgehead atoms. The van der Waals surface area contributed by atoms with E-state index < -0.39 is 0 Å². The molecule has 0 unspecified atom stereocenters. The lowest BCUT2D eigenvalue weighted by atomic mass is 10.1. The highest BCUT2D eigenvalue weighted by molar-refractivity contribution is 6.31. The summed E-state index contributed by atoms with van der Waals surface area (Å²) >= 11 is 6.24. The van der Waals surface area contributed by atoms with Gasteiger partial charge in [0.2, 0.25) is 5.91 Å². The van der Waals surface area contributed by atoms with E-state index in [-0.39, 0.29) is 17.9 Å². The molecule has 6 nitrogen and oxygen atoms in total. The molecule has 0 spiro atoms. The quantitative estimate of drug-likeness (QED) is 0.651. The van der Waals surface area contributed by atoms with E-state index in [1.54, 1.807) is 0 Å². The van der Waals surface area contributed by atoms with Gasteiger partial charge in [-0.25, -0.2) is 0 Å². The average molecular weight is 413 g/mol. The highest BCUT2D eigenvalue weighted by Crippen LogP contribution is 2.25. The Bertz CT molecular complexity index is 1050. The van der Waals surface area contributed by atoms with Crippen LogP contribution in [0.3, 0.4) is 0 Å². The molecule has 7 heteroatoms. The molecule has 1 aromatic carbocycles. The molecule has 3 aromatic rings. The fourth-order valence-corrected chi connectivity index (χ4v) is 3.94. The van der Waals surface area contributed by atoms with Gasteiger partial charge in [0.15, 0.2) is 0 Å². The van der Waals surface area contributed by atoms with Crippen molar-refractivity contribution in [2.45, 2.75) is 33.4 Å². The van der Waals surface area contributed by atoms with Crippen molar-refractivity contribution in [3.05, 3.63) is 58.6 Å². The van der Waals surface area contributed by atoms with Crippen LogP contribution in [0.2, 0.25) is 5.02 Å². The first kappa shape index (κ1) is 19.9. The summed E-state index contributed by atoms with van der Waals surface area (Å²) in [7, 11) is 0. The third-order valence-corrected chi connectivity index (χ3v) is 6.07. The zero-order chi connectivity index (χ0) is 20.5. The Morgan fingerprint density at radius 3 is 2.79 bits per heavy atom. The second-order valence-corrected chi connectivity index (χ2v) is 8.05. The van der Waals surface area contributed by atoms with Crippen LogP contribution in [0.1, 0.15) is 30.1 Å². The van der Waals surface area contributed by atoms with E-state index in [1.165, 1.54) is 0 Å². The summed E-state index contributed by atoms with van der Waals surface area (Å²) in [4.78, 5) is 19.5. The summed E-state index contributed by atoms with van der Waals surface area (Å²) in [5.74, 6) is -0.102. The minimum atomic E-state index is -0.215. The van der Waals surface area contributed by atoms with Gasteiger partial charge >= 0.3 is 0 Å². The fourth-order valence-electron chi connectivity index (χ4n) is 3.81. The Morgan fingerprint density at radius 2 is 2.07 bits per heavy atom. The molecule has 152 valence electrons. The molecule has 1 aliphatic rings. The van der Waals surface area contributed by atoms with E-state index in [4.69, 9.17) is 16.3 Å². The first-order chi connectivity index (χ1) is 13.9. The van der Waals surface area contributed by atoms with Crippen LogP contribution >= 0.6 is 11.6 Å². The van der Waals surface area contributed by atoms with Crippen LogP contribution in [0.15, 0.2) is 36.5 Å². The Labute approximate surface area is 175 Å². The number of halogens is 1. The van der Waals surface area contributed by atoms with E-state index in [9.17, 15) is 4.79 Å². The van der Waals surface area contributed by atoms with Gasteiger partial charge in [0, 0.05) is 18.1 Å². The number of rotatable bonds is 4. The largest absolute Gasteiger partial charge is 0.368 e. The summed E-state index contributed by atoms with van der Waals surface area (Å²) in [6.07, 6.45) is 1.65. The number of hydrogen-bond acceptors (Lipinski definition) is 4. The maximum atomic E-state index is 13.1. The van der Waals surface area contributed by atoms with Gasteiger partial charge in [-0.05, 0) is 25.3 Å². The van der Waals surface area contributed by atoms with Crippen LogP contribution in [0.25, 0.3) is 10.8 Å². The minimum absolute atomic E-state index is 0.0998. The molecule has 2 atom stereocenters. The molecule has 1 aliphatic heterocycles. The molecular weight excluding hydrogens is 388 g/mol. The second kappa shape index (κ2) is 8.13. The SMILES string of the molecule is Cc1nn(C[C@@H](C)C(=O)N2CCO[C@@H](c3cc4ccccc4cn3)C2)c(C)c1Cl. The molecule has 0 saturated carbocycles. The third-order valence-electron chi connectivity index (χ3n) is 5.52. The maximum absolute atomic E-state index is 13.1. The van der Waals surface area contributed by atoms with Gasteiger partial charge in [-0.3, -0.25) is 14.5 Å². The Morgan fingerprint density at radius 1 is 1.31 bits per heavy atom. The topological polar surface area (TPSA) is 60.2 Å². The standard InChI is InChI=1S/C22H25ClN4O2/c1-14(12-27-16(3)21(23)15(2)25-27)22(28)26-8-9-29-20(13-26)19-10-17-6-4-5-7-18(17)11-24-19/h4-7,10-11,14,20H,8-9,12-13H2,1-3H3/t14-,20-/m1/s1. The van der Waals surface area contributed by atoms with Crippen LogP contribution in [-0.2, 0) is 16.1 Å². The highest BCUT2D eigenvalue weighted by Gasteiger charge is 2.29. The van der Waals surface area contributed by atoms with Crippen molar-refractivity contribution in [1.82, 2.24) is 19.7 Å². The molecular formula is C22H25ClN4O2. The first-order valence-corrected chi connectivity index (χ1v) is 10.3. The number of carbonyl (C=O) groups is 1. The van der Waals surface area contributed by atoms with E-state index in [1.807, 2.05) is 54.7 Å². The summed E-state index contributed by atoms with van der Waals surface area (Å²) in [5.41, 5.74) is 2.54. The van der Waals surface area contributed by atoms with Gasteiger partial charge in [-0.15, -0.1) is 0 Å². The molecule has 1 fully saturated rings. The van der Waals surface area contributed by atoms with Gasteiger partial charge in [0.1, 0.15) is 6.10 Å². The van der Waals surface area contributed by atoms with E-state index in [0.29, 0.717) is 31.3 Å². The van der Waals surface area contributed by atoms with Crippen molar-refractivity contribution in [3.8, 4) is 0 Å². The smallest absolute Gasteiger partial charge is 0.227 e. The predicted octanol–water partition coefficient (Wildman–Crippen LogP) is 3.94. The van der Waals surface area contributed by atoms with Crippen LogP contribution in [0.4, 0.5) is 0 Å². The summed E-state index contributed by atoms with van der Waals surface area (Å²) < 4.78 is 7.76. The monoisotopic (exact) mass is 412 g/mol. The molecule has 1 saturated heterocycles. The molecule has 29 heavy (non-hydrogen) atoms. The molecule has 4 rings (SSSR count). The number of nitrogens with zero attached hydrogens (tertiary/aromatic N) is 4. The second-order valence-electron chi connectivity index (χ2n) is 7.67. The number of pyridine rings is 1. The molecule has 0 aliphatic carbocycles. The summed E-state index contributed by atoms with van der Waals surface area (Å²) in [6, 6.07) is 10.2. The number of fused-ring (bicyclic) bond motifs is 1. The molecule has 2 aromatic heterocycles. The van der Waals surface area contributed by atoms with Crippen LogP contribution in [0, 0.1) is 19.8 Å².